The molecule has 5 rings (SSSR count). The first-order chi connectivity index (χ1) is 16.6. The molecule has 3 aromatic heterocycles. The minimum Gasteiger partial charge on any atom is -0.366 e. The molecule has 0 spiro atoms. The molecule has 1 aliphatic rings. The number of nitrogens with zero attached hydrogens (tertiary/aromatic N) is 6. The molecule has 4 aromatic rings. The number of benzene rings is 1. The Morgan fingerprint density at radius 1 is 1.18 bits per heavy atom. The smallest absolute Gasteiger partial charge is 0.253 e. The van der Waals surface area contributed by atoms with Gasteiger partial charge < -0.3 is 10.2 Å². The number of pyridine rings is 1. The molecule has 1 saturated heterocycles. The molecule has 0 radical (unpaired) electrons. The van der Waals surface area contributed by atoms with Gasteiger partial charge in [0.25, 0.3) is 5.91 Å². The molecule has 9 heteroatoms. The van der Waals surface area contributed by atoms with Crippen LogP contribution in [0.4, 0.5) is 5.82 Å². The van der Waals surface area contributed by atoms with E-state index >= 15 is 0 Å². The van der Waals surface area contributed by atoms with Gasteiger partial charge in [-0.25, -0.2) is 4.98 Å². The van der Waals surface area contributed by atoms with Crippen LogP contribution < -0.4 is 5.32 Å². The zero-order chi connectivity index (χ0) is 23.5. The van der Waals surface area contributed by atoms with Crippen molar-refractivity contribution in [3.8, 4) is 6.07 Å². The molecule has 0 aliphatic carbocycles. The van der Waals surface area contributed by atoms with Gasteiger partial charge in [0.1, 0.15) is 5.82 Å². The van der Waals surface area contributed by atoms with Gasteiger partial charge in [-0.3, -0.25) is 9.78 Å². The molecule has 1 fully saturated rings. The van der Waals surface area contributed by atoms with Crippen molar-refractivity contribution in [3.05, 3.63) is 87.9 Å². The summed E-state index contributed by atoms with van der Waals surface area (Å²) in [5.41, 5.74) is 3.88. The minimum atomic E-state index is -0.0312. The van der Waals surface area contributed by atoms with Crippen LogP contribution in [0.25, 0.3) is 5.65 Å². The molecule has 1 N–H and O–H groups in total. The van der Waals surface area contributed by atoms with E-state index in [-0.39, 0.29) is 11.8 Å². The molecule has 8 nitrogen and oxygen atoms in total. The first kappa shape index (κ1) is 22.0. The predicted octanol–water partition coefficient (Wildman–Crippen LogP) is 4.39. The number of nitriles is 1. The highest BCUT2D eigenvalue weighted by atomic mass is 79.9. The SMILES string of the molecule is N#Cc1cccc(C(=O)N2CCC(c3cc(NCc4cccnc4)n4ncc(Br)c4n3)CC2)c1. The van der Waals surface area contributed by atoms with Crippen LogP contribution in [0.15, 0.2) is 65.5 Å². The number of piperidine rings is 1. The molecular weight excluding hydrogens is 494 g/mol. The fourth-order valence-electron chi connectivity index (χ4n) is 4.27. The highest BCUT2D eigenvalue weighted by molar-refractivity contribution is 9.10. The number of carbonyl (C=O) groups is 1. The van der Waals surface area contributed by atoms with Gasteiger partial charge in [-0.2, -0.15) is 14.9 Å². The van der Waals surface area contributed by atoms with Crippen molar-refractivity contribution in [1.29, 1.82) is 5.26 Å². The number of hydrogen-bond donors (Lipinski definition) is 1. The fourth-order valence-corrected chi connectivity index (χ4v) is 4.62. The maximum absolute atomic E-state index is 12.9. The van der Waals surface area contributed by atoms with E-state index in [9.17, 15) is 4.79 Å². The monoisotopic (exact) mass is 515 g/mol. The normalized spacial score (nSPS) is 14.2. The third kappa shape index (κ3) is 4.50. The number of likely N-dealkylation sites (tertiary alicyclic amines) is 1. The highest BCUT2D eigenvalue weighted by Crippen LogP contribution is 2.31. The molecule has 0 bridgehead atoms. The van der Waals surface area contributed by atoms with Crippen LogP contribution in [-0.4, -0.2) is 43.5 Å². The fraction of sp³-hybridized carbons (Fsp3) is 0.240. The van der Waals surface area contributed by atoms with Gasteiger partial charge in [-0.1, -0.05) is 12.1 Å². The van der Waals surface area contributed by atoms with Crippen molar-refractivity contribution in [2.75, 3.05) is 18.4 Å². The Morgan fingerprint density at radius 2 is 2.03 bits per heavy atom. The van der Waals surface area contributed by atoms with Gasteiger partial charge in [-0.05, 0) is 58.6 Å². The molecule has 0 saturated carbocycles. The van der Waals surface area contributed by atoms with Crippen molar-refractivity contribution in [2.24, 2.45) is 0 Å². The summed E-state index contributed by atoms with van der Waals surface area (Å²) in [6.45, 7) is 1.91. The molecule has 170 valence electrons. The molecule has 1 aliphatic heterocycles. The quantitative estimate of drug-likeness (QED) is 0.423. The Labute approximate surface area is 205 Å². The largest absolute Gasteiger partial charge is 0.366 e. The van der Waals surface area contributed by atoms with E-state index in [1.54, 1.807) is 41.2 Å². The second kappa shape index (κ2) is 9.61. The summed E-state index contributed by atoms with van der Waals surface area (Å²) in [5, 5.41) is 17.0. The summed E-state index contributed by atoms with van der Waals surface area (Å²) in [4.78, 5) is 23.9. The van der Waals surface area contributed by atoms with Gasteiger partial charge in [-0.15, -0.1) is 0 Å². The molecule has 34 heavy (non-hydrogen) atoms. The Balaban J connectivity index is 1.33. The number of halogens is 1. The average Bonchev–Trinajstić information content (AvgIpc) is 3.28. The number of rotatable bonds is 5. The summed E-state index contributed by atoms with van der Waals surface area (Å²) in [6, 6.07) is 15.0. The van der Waals surface area contributed by atoms with Gasteiger partial charge in [0.15, 0.2) is 5.65 Å². The molecule has 0 unspecified atom stereocenters. The topological polar surface area (TPSA) is 99.2 Å². The first-order valence-corrected chi connectivity index (χ1v) is 11.9. The number of hydrogen-bond acceptors (Lipinski definition) is 6. The van der Waals surface area contributed by atoms with Crippen LogP contribution in [0.1, 0.15) is 45.9 Å². The van der Waals surface area contributed by atoms with E-state index in [0.717, 1.165) is 40.0 Å². The van der Waals surface area contributed by atoms with Gasteiger partial charge in [0, 0.05) is 55.3 Å². The lowest BCUT2D eigenvalue weighted by molar-refractivity contribution is 0.0712. The number of anilines is 1. The highest BCUT2D eigenvalue weighted by Gasteiger charge is 2.26. The second-order valence-electron chi connectivity index (χ2n) is 8.27. The predicted molar refractivity (Wildman–Crippen MR) is 131 cm³/mol. The second-order valence-corrected chi connectivity index (χ2v) is 9.12. The van der Waals surface area contributed by atoms with Gasteiger partial charge in [0.2, 0.25) is 0 Å². The van der Waals surface area contributed by atoms with Crippen molar-refractivity contribution < 1.29 is 4.79 Å². The standard InChI is InChI=1S/C25H22BrN7O/c26-21-16-30-33-23(29-15-18-4-2-8-28-14-18)12-22(31-24(21)33)19-6-9-32(10-7-19)25(34)20-5-1-3-17(11-20)13-27/h1-5,8,11-12,14,16,19,29H,6-7,9-10,15H2. The van der Waals surface area contributed by atoms with E-state index < -0.39 is 0 Å². The summed E-state index contributed by atoms with van der Waals surface area (Å²) < 4.78 is 2.63. The zero-order valence-electron chi connectivity index (χ0n) is 18.4. The number of fused-ring (bicyclic) bond motifs is 1. The first-order valence-electron chi connectivity index (χ1n) is 11.1. The summed E-state index contributed by atoms with van der Waals surface area (Å²) in [5.74, 6) is 1.07. The van der Waals surface area contributed by atoms with Crippen LogP contribution in [0.5, 0.6) is 0 Å². The van der Waals surface area contributed by atoms with Crippen molar-refractivity contribution in [2.45, 2.75) is 25.3 Å². The van der Waals surface area contributed by atoms with Crippen molar-refractivity contribution in [3.63, 3.8) is 0 Å². The van der Waals surface area contributed by atoms with Crippen molar-refractivity contribution in [1.82, 2.24) is 24.5 Å². The number of aromatic nitrogens is 4. The summed E-state index contributed by atoms with van der Waals surface area (Å²) in [7, 11) is 0. The van der Waals surface area contributed by atoms with Crippen molar-refractivity contribution >= 4 is 33.3 Å². The van der Waals surface area contributed by atoms with Crippen LogP contribution >= 0.6 is 15.9 Å². The van der Waals surface area contributed by atoms with Crippen LogP contribution in [-0.2, 0) is 6.54 Å². The Morgan fingerprint density at radius 3 is 2.79 bits per heavy atom. The summed E-state index contributed by atoms with van der Waals surface area (Å²) in [6.07, 6.45) is 6.98. The van der Waals surface area contributed by atoms with E-state index in [1.165, 1.54) is 0 Å². The molecule has 4 heterocycles. The number of carbonyl (C=O) groups excluding carboxylic acids is 1. The Hall–Kier alpha value is -3.77. The van der Waals surface area contributed by atoms with E-state index in [1.807, 2.05) is 23.2 Å². The van der Waals surface area contributed by atoms with Crippen LogP contribution in [0.2, 0.25) is 0 Å². The van der Waals surface area contributed by atoms with Crippen LogP contribution in [0.3, 0.4) is 0 Å². The molecular formula is C25H22BrN7O. The van der Waals surface area contributed by atoms with Gasteiger partial charge >= 0.3 is 0 Å². The molecule has 1 amide bonds. The number of amides is 1. The molecule has 1 aromatic carbocycles. The van der Waals surface area contributed by atoms with E-state index in [4.69, 9.17) is 10.2 Å². The lowest BCUT2D eigenvalue weighted by atomic mass is 9.92. The number of nitrogens with one attached hydrogen (secondary N) is 1. The lowest BCUT2D eigenvalue weighted by Crippen LogP contribution is -2.38. The Bertz CT molecular complexity index is 1370. The summed E-state index contributed by atoms with van der Waals surface area (Å²) >= 11 is 3.56. The average molecular weight is 516 g/mol. The molecule has 0 atom stereocenters. The Kier molecular flexibility index (Phi) is 6.23. The zero-order valence-corrected chi connectivity index (χ0v) is 19.9. The lowest BCUT2D eigenvalue weighted by Gasteiger charge is -2.32. The third-order valence-corrected chi connectivity index (χ3v) is 6.64. The third-order valence-electron chi connectivity index (χ3n) is 6.08. The minimum absolute atomic E-state index is 0.0312. The van der Waals surface area contributed by atoms with Gasteiger partial charge in [0.05, 0.1) is 22.3 Å². The maximum Gasteiger partial charge on any atom is 0.253 e. The van der Waals surface area contributed by atoms with E-state index in [0.29, 0.717) is 30.8 Å². The van der Waals surface area contributed by atoms with E-state index in [2.05, 4.69) is 43.5 Å². The van der Waals surface area contributed by atoms with Crippen LogP contribution in [0, 0.1) is 11.3 Å². The maximum atomic E-state index is 12.9.